The SMILES string of the molecule is CCC(CC)(CCO)CNS(=O)(=O)c1ccccc1C#N. The summed E-state index contributed by atoms with van der Waals surface area (Å²) in [6, 6.07) is 8.02. The van der Waals surface area contributed by atoms with Crippen LogP contribution in [0.2, 0.25) is 0 Å². The van der Waals surface area contributed by atoms with Crippen LogP contribution in [0.25, 0.3) is 0 Å². The van der Waals surface area contributed by atoms with Gasteiger partial charge in [0.25, 0.3) is 0 Å². The molecule has 0 fully saturated rings. The highest BCUT2D eigenvalue weighted by Gasteiger charge is 2.28. The van der Waals surface area contributed by atoms with Gasteiger partial charge in [-0.2, -0.15) is 5.26 Å². The lowest BCUT2D eigenvalue weighted by Gasteiger charge is -2.31. The van der Waals surface area contributed by atoms with Gasteiger partial charge >= 0.3 is 0 Å². The molecule has 1 aromatic rings. The lowest BCUT2D eigenvalue weighted by Crippen LogP contribution is -2.37. The second-order valence-electron chi connectivity index (χ2n) is 5.11. The van der Waals surface area contributed by atoms with E-state index < -0.39 is 10.0 Å². The summed E-state index contributed by atoms with van der Waals surface area (Å²) in [4.78, 5) is -0.00222. The Bertz CT molecular complexity index is 602. The van der Waals surface area contributed by atoms with Crippen LogP contribution in [0, 0.1) is 16.7 Å². The minimum atomic E-state index is -3.73. The molecule has 0 atom stereocenters. The van der Waals surface area contributed by atoms with E-state index in [1.54, 1.807) is 12.1 Å². The van der Waals surface area contributed by atoms with E-state index in [4.69, 9.17) is 5.26 Å². The van der Waals surface area contributed by atoms with Crippen LogP contribution in [-0.4, -0.2) is 26.7 Å². The average molecular weight is 310 g/mol. The van der Waals surface area contributed by atoms with Gasteiger partial charge in [0.2, 0.25) is 10.0 Å². The van der Waals surface area contributed by atoms with E-state index in [9.17, 15) is 13.5 Å². The van der Waals surface area contributed by atoms with Crippen LogP contribution in [0.15, 0.2) is 29.2 Å². The van der Waals surface area contributed by atoms with Crippen LogP contribution in [-0.2, 0) is 10.0 Å². The fraction of sp³-hybridized carbons (Fsp3) is 0.533. The first-order valence-corrected chi connectivity index (χ1v) is 8.52. The summed E-state index contributed by atoms with van der Waals surface area (Å²) in [5.41, 5.74) is -0.130. The third-order valence-electron chi connectivity index (χ3n) is 4.08. The molecule has 0 aliphatic carbocycles. The van der Waals surface area contributed by atoms with Crippen LogP contribution >= 0.6 is 0 Å². The molecule has 5 nitrogen and oxygen atoms in total. The largest absolute Gasteiger partial charge is 0.396 e. The van der Waals surface area contributed by atoms with Gasteiger partial charge in [0, 0.05) is 13.2 Å². The van der Waals surface area contributed by atoms with Crippen molar-refractivity contribution in [3.8, 4) is 6.07 Å². The van der Waals surface area contributed by atoms with E-state index in [0.29, 0.717) is 6.42 Å². The zero-order valence-electron chi connectivity index (χ0n) is 12.5. The van der Waals surface area contributed by atoms with E-state index in [1.807, 2.05) is 19.9 Å². The van der Waals surface area contributed by atoms with Crippen LogP contribution in [0.1, 0.15) is 38.7 Å². The van der Waals surface area contributed by atoms with Crippen LogP contribution in [0.4, 0.5) is 0 Å². The van der Waals surface area contributed by atoms with Crippen LogP contribution in [0.5, 0.6) is 0 Å². The number of nitrogens with one attached hydrogen (secondary N) is 1. The number of hydrogen-bond donors (Lipinski definition) is 2. The molecule has 0 radical (unpaired) electrons. The van der Waals surface area contributed by atoms with Gasteiger partial charge in [-0.3, -0.25) is 0 Å². The highest BCUT2D eigenvalue weighted by molar-refractivity contribution is 7.89. The highest BCUT2D eigenvalue weighted by atomic mass is 32.2. The van der Waals surface area contributed by atoms with Gasteiger partial charge in [-0.15, -0.1) is 0 Å². The normalized spacial score (nSPS) is 12.1. The summed E-state index contributed by atoms with van der Waals surface area (Å²) >= 11 is 0. The molecule has 0 bridgehead atoms. The first kappa shape index (κ1) is 17.6. The summed E-state index contributed by atoms with van der Waals surface area (Å²) < 4.78 is 27.3. The number of benzene rings is 1. The molecule has 0 aliphatic heterocycles. The number of sulfonamides is 1. The van der Waals surface area contributed by atoms with Crippen molar-refractivity contribution in [2.24, 2.45) is 5.41 Å². The molecule has 116 valence electrons. The van der Waals surface area contributed by atoms with Crippen LogP contribution < -0.4 is 4.72 Å². The van der Waals surface area contributed by atoms with E-state index in [1.165, 1.54) is 12.1 Å². The van der Waals surface area contributed by atoms with Crippen molar-refractivity contribution in [3.05, 3.63) is 29.8 Å². The Morgan fingerprint density at radius 1 is 1.29 bits per heavy atom. The molecule has 0 amide bonds. The molecule has 0 spiro atoms. The number of nitriles is 1. The van der Waals surface area contributed by atoms with E-state index >= 15 is 0 Å². The van der Waals surface area contributed by atoms with Crippen molar-refractivity contribution in [1.29, 1.82) is 5.26 Å². The Kier molecular flexibility index (Phi) is 6.34. The summed E-state index contributed by atoms with van der Waals surface area (Å²) in [5, 5.41) is 18.2. The topological polar surface area (TPSA) is 90.2 Å². The molecule has 0 unspecified atom stereocenters. The summed E-state index contributed by atoms with van der Waals surface area (Å²) in [6.45, 7) is 4.24. The minimum absolute atomic E-state index is 0.00222. The fourth-order valence-electron chi connectivity index (χ4n) is 2.30. The maximum atomic E-state index is 12.4. The maximum Gasteiger partial charge on any atom is 0.241 e. The second-order valence-corrected chi connectivity index (χ2v) is 6.85. The predicted molar refractivity (Wildman–Crippen MR) is 81.1 cm³/mol. The van der Waals surface area contributed by atoms with Gasteiger partial charge in [0.1, 0.15) is 6.07 Å². The van der Waals surface area contributed by atoms with E-state index in [0.717, 1.165) is 12.8 Å². The van der Waals surface area contributed by atoms with E-state index in [2.05, 4.69) is 4.72 Å². The molecule has 0 heterocycles. The lowest BCUT2D eigenvalue weighted by molar-refractivity contribution is 0.170. The van der Waals surface area contributed by atoms with Gasteiger partial charge in [-0.25, -0.2) is 13.1 Å². The smallest absolute Gasteiger partial charge is 0.241 e. The zero-order valence-corrected chi connectivity index (χ0v) is 13.3. The van der Waals surface area contributed by atoms with Gasteiger partial charge in [0.05, 0.1) is 10.5 Å². The van der Waals surface area contributed by atoms with Crippen molar-refractivity contribution < 1.29 is 13.5 Å². The summed E-state index contributed by atoms with van der Waals surface area (Å²) in [5.74, 6) is 0. The standard InChI is InChI=1S/C15H22N2O3S/c1-3-15(4-2,9-10-18)12-17-21(19,20)14-8-6-5-7-13(14)11-16/h5-8,17-18H,3-4,9-10,12H2,1-2H3. The predicted octanol–water partition coefficient (Wildman–Crippen LogP) is 2.03. The van der Waals surface area contributed by atoms with Gasteiger partial charge in [-0.1, -0.05) is 26.0 Å². The van der Waals surface area contributed by atoms with Crippen molar-refractivity contribution in [1.82, 2.24) is 4.72 Å². The summed E-state index contributed by atoms with van der Waals surface area (Å²) in [7, 11) is -3.73. The quantitative estimate of drug-likeness (QED) is 0.768. The lowest BCUT2D eigenvalue weighted by atomic mass is 9.80. The molecule has 0 saturated carbocycles. The van der Waals surface area contributed by atoms with Gasteiger partial charge in [-0.05, 0) is 36.8 Å². The van der Waals surface area contributed by atoms with Gasteiger partial charge in [0.15, 0.2) is 0 Å². The molecule has 21 heavy (non-hydrogen) atoms. The highest BCUT2D eigenvalue weighted by Crippen LogP contribution is 2.30. The first-order valence-electron chi connectivity index (χ1n) is 7.04. The maximum absolute atomic E-state index is 12.4. The van der Waals surface area contributed by atoms with E-state index in [-0.39, 0.29) is 29.0 Å². The molecule has 2 N–H and O–H groups in total. The molecule has 0 aromatic heterocycles. The molecule has 1 rings (SSSR count). The number of aliphatic hydroxyl groups excluding tert-OH is 1. The van der Waals surface area contributed by atoms with Crippen molar-refractivity contribution in [3.63, 3.8) is 0 Å². The zero-order chi connectivity index (χ0) is 15.9. The Labute approximate surface area is 126 Å². The molecule has 1 aromatic carbocycles. The Balaban J connectivity index is 2.98. The third kappa shape index (κ3) is 4.27. The fourth-order valence-corrected chi connectivity index (χ4v) is 3.61. The number of aliphatic hydroxyl groups is 1. The van der Waals surface area contributed by atoms with Crippen molar-refractivity contribution in [2.75, 3.05) is 13.2 Å². The first-order chi connectivity index (χ1) is 9.94. The van der Waals surface area contributed by atoms with Gasteiger partial charge < -0.3 is 5.11 Å². The summed E-state index contributed by atoms with van der Waals surface area (Å²) in [6.07, 6.45) is 2.08. The third-order valence-corrected chi connectivity index (χ3v) is 5.54. The average Bonchev–Trinajstić information content (AvgIpc) is 2.51. The number of nitrogens with zero attached hydrogens (tertiary/aromatic N) is 1. The molecule has 6 heteroatoms. The van der Waals surface area contributed by atoms with Crippen molar-refractivity contribution in [2.45, 2.75) is 38.0 Å². The molecular formula is C15H22N2O3S. The monoisotopic (exact) mass is 310 g/mol. The molecule has 0 aliphatic rings. The van der Waals surface area contributed by atoms with Crippen molar-refractivity contribution >= 4 is 10.0 Å². The van der Waals surface area contributed by atoms with Crippen LogP contribution in [0.3, 0.4) is 0 Å². The molecule has 0 saturated heterocycles. The second kappa shape index (κ2) is 7.55. The molecular weight excluding hydrogens is 288 g/mol. The Morgan fingerprint density at radius 3 is 2.43 bits per heavy atom. The Morgan fingerprint density at radius 2 is 1.90 bits per heavy atom. The number of rotatable bonds is 8. The minimum Gasteiger partial charge on any atom is -0.396 e. The Hall–Kier alpha value is -1.42. The number of hydrogen-bond acceptors (Lipinski definition) is 4.